The molecule has 0 unspecified atom stereocenters. The molecule has 4 nitrogen and oxygen atoms in total. The van der Waals surface area contributed by atoms with Crippen LogP contribution in [0.1, 0.15) is 13.8 Å². The molecule has 4 N–H and O–H groups in total. The van der Waals surface area contributed by atoms with Gasteiger partial charge in [0, 0.05) is 6.04 Å². The first-order valence-electron chi connectivity index (χ1n) is 2.48. The number of hydrogen-bond acceptors (Lipinski definition) is 1. The standard InChI is InChI=1S/C3H11ClN3OP/c1-3(2)7(4)9(5,6)8/h3H,1-2H3,(H4,5,6,8). The van der Waals surface area contributed by atoms with Gasteiger partial charge in [-0.25, -0.2) is 0 Å². The zero-order valence-corrected chi connectivity index (χ0v) is 7.06. The molecule has 0 rings (SSSR count). The molecule has 0 saturated carbocycles. The summed E-state index contributed by atoms with van der Waals surface area (Å²) in [6.07, 6.45) is 0. The van der Waals surface area contributed by atoms with E-state index in [1.54, 1.807) is 13.8 Å². The monoisotopic (exact) mass is 171 g/mol. The highest BCUT2D eigenvalue weighted by molar-refractivity contribution is 7.57. The largest absolute Gasteiger partial charge is 0.290 e. The first kappa shape index (κ1) is 9.40. The van der Waals surface area contributed by atoms with E-state index in [1.165, 1.54) is 0 Å². The smallest absolute Gasteiger partial charge is 0.270 e. The second-order valence-corrected chi connectivity index (χ2v) is 4.43. The van der Waals surface area contributed by atoms with Crippen molar-refractivity contribution in [3.05, 3.63) is 0 Å². The van der Waals surface area contributed by atoms with Gasteiger partial charge in [-0.1, -0.05) is 0 Å². The molecule has 0 aliphatic heterocycles. The minimum Gasteiger partial charge on any atom is -0.270 e. The van der Waals surface area contributed by atoms with E-state index in [1.807, 2.05) is 0 Å². The van der Waals surface area contributed by atoms with Gasteiger partial charge < -0.3 is 0 Å². The molecule has 0 aliphatic carbocycles. The van der Waals surface area contributed by atoms with Crippen molar-refractivity contribution in [2.75, 3.05) is 0 Å². The Balaban J connectivity index is 4.05. The fourth-order valence-corrected chi connectivity index (χ4v) is 1.08. The summed E-state index contributed by atoms with van der Waals surface area (Å²) < 4.78 is 11.6. The Morgan fingerprint density at radius 2 is 1.89 bits per heavy atom. The van der Waals surface area contributed by atoms with Crippen LogP contribution in [-0.4, -0.2) is 10.2 Å². The molecule has 0 spiro atoms. The molecule has 0 bridgehead atoms. The van der Waals surface area contributed by atoms with Crippen LogP contribution in [-0.2, 0) is 4.57 Å². The highest BCUT2D eigenvalue weighted by Gasteiger charge is 2.21. The number of halogens is 1. The van der Waals surface area contributed by atoms with Crippen LogP contribution in [0.5, 0.6) is 0 Å². The number of nitrogens with zero attached hydrogens (tertiary/aromatic N) is 1. The molecule has 6 heteroatoms. The minimum atomic E-state index is -3.21. The summed E-state index contributed by atoms with van der Waals surface area (Å²) in [6.45, 7) is 3.50. The summed E-state index contributed by atoms with van der Waals surface area (Å²) in [4.78, 5) is 0. The quantitative estimate of drug-likeness (QED) is 0.478. The molecule has 0 atom stereocenters. The summed E-state index contributed by atoms with van der Waals surface area (Å²) in [5, 5.41) is 0. The van der Waals surface area contributed by atoms with Gasteiger partial charge in [0.2, 0.25) is 0 Å². The van der Waals surface area contributed by atoms with Crippen LogP contribution >= 0.6 is 19.4 Å². The molecule has 0 aliphatic rings. The Bertz CT molecular complexity index is 133. The highest BCUT2D eigenvalue weighted by Crippen LogP contribution is 2.35. The zero-order chi connectivity index (χ0) is 7.65. The fourth-order valence-electron chi connectivity index (χ4n) is 0.361. The van der Waals surface area contributed by atoms with Crippen LogP contribution in [0.3, 0.4) is 0 Å². The first-order chi connectivity index (χ1) is 3.85. The Morgan fingerprint density at radius 3 is 1.89 bits per heavy atom. The van der Waals surface area contributed by atoms with Gasteiger partial charge in [-0.15, -0.1) is 4.19 Å². The predicted octanol–water partition coefficient (Wildman–Crippen LogP) is 0.876. The Morgan fingerprint density at radius 1 is 1.56 bits per heavy atom. The lowest BCUT2D eigenvalue weighted by Crippen LogP contribution is -2.26. The first-order valence-corrected chi connectivity index (χ1v) is 4.62. The summed E-state index contributed by atoms with van der Waals surface area (Å²) in [5.74, 6) is 0. The van der Waals surface area contributed by atoms with Gasteiger partial charge >= 0.3 is 0 Å². The van der Waals surface area contributed by atoms with Crippen LogP contribution in [0.15, 0.2) is 0 Å². The van der Waals surface area contributed by atoms with Crippen molar-refractivity contribution in [3.8, 4) is 0 Å². The van der Waals surface area contributed by atoms with Gasteiger partial charge in [-0.05, 0) is 25.6 Å². The molecular formula is C3H11ClN3OP. The lowest BCUT2D eigenvalue weighted by atomic mass is 10.4. The lowest BCUT2D eigenvalue weighted by molar-refractivity contribution is 0.491. The molecule has 0 radical (unpaired) electrons. The molecule has 0 aromatic heterocycles. The van der Waals surface area contributed by atoms with Gasteiger partial charge in [0.15, 0.2) is 0 Å². The average Bonchev–Trinajstić information content (AvgIpc) is 1.62. The normalized spacial score (nSPS) is 13.2. The van der Waals surface area contributed by atoms with Crippen LogP contribution in [0.25, 0.3) is 0 Å². The predicted molar refractivity (Wildman–Crippen MR) is 38.8 cm³/mol. The van der Waals surface area contributed by atoms with Crippen molar-refractivity contribution in [2.24, 2.45) is 11.0 Å². The molecule has 0 aromatic rings. The van der Waals surface area contributed by atoms with Crippen molar-refractivity contribution >= 4 is 19.4 Å². The fraction of sp³-hybridized carbons (Fsp3) is 1.00. The topological polar surface area (TPSA) is 72.3 Å². The van der Waals surface area contributed by atoms with Crippen LogP contribution in [0, 0.1) is 0 Å². The Hall–Kier alpha value is 0.400. The van der Waals surface area contributed by atoms with Crippen molar-refractivity contribution in [3.63, 3.8) is 0 Å². The van der Waals surface area contributed by atoms with Gasteiger partial charge in [0.25, 0.3) is 7.59 Å². The van der Waals surface area contributed by atoms with Crippen molar-refractivity contribution < 1.29 is 4.57 Å². The molecule has 0 amide bonds. The Kier molecular flexibility index (Phi) is 3.12. The maximum Gasteiger partial charge on any atom is 0.290 e. The van der Waals surface area contributed by atoms with Gasteiger partial charge in [-0.3, -0.25) is 15.6 Å². The third-order valence-electron chi connectivity index (χ3n) is 0.725. The summed E-state index contributed by atoms with van der Waals surface area (Å²) >= 11 is 5.41. The highest BCUT2D eigenvalue weighted by atomic mass is 35.5. The number of hydrogen-bond donors (Lipinski definition) is 2. The van der Waals surface area contributed by atoms with E-state index in [0.717, 1.165) is 4.19 Å². The second kappa shape index (κ2) is 2.99. The van der Waals surface area contributed by atoms with E-state index in [2.05, 4.69) is 0 Å². The summed E-state index contributed by atoms with van der Waals surface area (Å²) in [6, 6.07) is -0.104. The van der Waals surface area contributed by atoms with Crippen molar-refractivity contribution in [1.29, 1.82) is 0 Å². The van der Waals surface area contributed by atoms with E-state index in [4.69, 9.17) is 22.8 Å². The van der Waals surface area contributed by atoms with Crippen LogP contribution in [0.4, 0.5) is 0 Å². The van der Waals surface area contributed by atoms with Gasteiger partial charge in [0.1, 0.15) is 0 Å². The van der Waals surface area contributed by atoms with Crippen molar-refractivity contribution in [1.82, 2.24) is 4.19 Å². The van der Waals surface area contributed by atoms with Crippen molar-refractivity contribution in [2.45, 2.75) is 19.9 Å². The molecular weight excluding hydrogens is 160 g/mol. The van der Waals surface area contributed by atoms with E-state index in [-0.39, 0.29) is 6.04 Å². The van der Waals surface area contributed by atoms with E-state index in [9.17, 15) is 4.57 Å². The zero-order valence-electron chi connectivity index (χ0n) is 5.41. The van der Waals surface area contributed by atoms with Gasteiger partial charge in [0.05, 0.1) is 0 Å². The maximum absolute atomic E-state index is 10.7. The minimum absolute atomic E-state index is 0.104. The molecule has 0 aromatic carbocycles. The number of rotatable bonds is 2. The maximum atomic E-state index is 10.7. The Labute approximate surface area is 59.8 Å². The molecule has 9 heavy (non-hydrogen) atoms. The molecule has 0 saturated heterocycles. The third kappa shape index (κ3) is 3.18. The molecule has 0 fully saturated rings. The van der Waals surface area contributed by atoms with E-state index >= 15 is 0 Å². The van der Waals surface area contributed by atoms with Crippen LogP contribution in [0.2, 0.25) is 0 Å². The van der Waals surface area contributed by atoms with Gasteiger partial charge in [-0.2, -0.15) is 0 Å². The average molecular weight is 172 g/mol. The summed E-state index contributed by atoms with van der Waals surface area (Å²) in [7, 11) is -3.21. The third-order valence-corrected chi connectivity index (χ3v) is 2.88. The lowest BCUT2D eigenvalue weighted by Gasteiger charge is -2.20. The number of nitrogens with two attached hydrogens (primary N) is 2. The van der Waals surface area contributed by atoms with E-state index in [0.29, 0.717) is 0 Å². The van der Waals surface area contributed by atoms with Crippen LogP contribution < -0.4 is 11.0 Å². The molecule has 56 valence electrons. The molecule has 0 heterocycles. The SMILES string of the molecule is CC(C)N(Cl)P(N)(N)=O. The summed E-state index contributed by atoms with van der Waals surface area (Å²) in [5.41, 5.74) is 10.0. The van der Waals surface area contributed by atoms with E-state index < -0.39 is 7.59 Å². The second-order valence-electron chi connectivity index (χ2n) is 2.05.